The lowest BCUT2D eigenvalue weighted by atomic mass is 10.0. The summed E-state index contributed by atoms with van der Waals surface area (Å²) in [5.74, 6) is -4.10. The van der Waals surface area contributed by atoms with Crippen LogP contribution in [0.25, 0.3) is 0 Å². The van der Waals surface area contributed by atoms with Gasteiger partial charge in [0.05, 0.1) is 13.0 Å². The van der Waals surface area contributed by atoms with Crippen molar-refractivity contribution in [2.75, 3.05) is 6.61 Å². The molecular formula is C78H146O10. The fourth-order valence-corrected chi connectivity index (χ4v) is 12.1. The van der Waals surface area contributed by atoms with Crippen LogP contribution in [0, 0.1) is 0 Å². The minimum Gasteiger partial charge on any atom is -0.481 e. The molecule has 0 amide bonds. The Kier molecular flexibility index (Phi) is 67.7. The maximum absolute atomic E-state index is 13.7. The second kappa shape index (κ2) is 70.0. The third-order valence-corrected chi connectivity index (χ3v) is 17.8. The van der Waals surface area contributed by atoms with E-state index in [1.807, 2.05) is 0 Å². The Morgan fingerprint density at radius 2 is 0.477 bits per heavy atom. The van der Waals surface area contributed by atoms with Gasteiger partial charge >= 0.3 is 35.8 Å². The molecule has 0 aliphatic carbocycles. The maximum Gasteiger partial charge on any atom is 0.423 e. The molecule has 0 spiro atoms. The van der Waals surface area contributed by atoms with Gasteiger partial charge in [-0.2, -0.15) is 0 Å². The second-order valence-electron chi connectivity index (χ2n) is 26.7. The topological polar surface area (TPSA) is 143 Å². The van der Waals surface area contributed by atoms with Crippen molar-refractivity contribution in [3.8, 4) is 0 Å². The number of unbranched alkanes of at least 4 members (excludes halogenated alkanes) is 54. The molecule has 1 atom stereocenters. The highest BCUT2D eigenvalue weighted by atomic mass is 16.9. The van der Waals surface area contributed by atoms with Gasteiger partial charge in [0.15, 0.2) is 0 Å². The summed E-state index contributed by atoms with van der Waals surface area (Å²) in [6.07, 6.45) is 75.5. The normalized spacial score (nSPS) is 12.2. The molecule has 0 rings (SSSR count). The van der Waals surface area contributed by atoms with Gasteiger partial charge in [0, 0.05) is 32.1 Å². The van der Waals surface area contributed by atoms with E-state index in [9.17, 15) is 24.0 Å². The maximum atomic E-state index is 13.7. The van der Waals surface area contributed by atoms with Crippen molar-refractivity contribution < 1.29 is 48.0 Å². The Morgan fingerprint density at radius 3 is 0.750 bits per heavy atom. The van der Waals surface area contributed by atoms with Crippen LogP contribution in [0.4, 0.5) is 0 Å². The molecule has 1 unspecified atom stereocenters. The van der Waals surface area contributed by atoms with E-state index < -0.39 is 29.9 Å². The van der Waals surface area contributed by atoms with E-state index in [1.165, 1.54) is 244 Å². The molecule has 10 heteroatoms. The predicted octanol–water partition coefficient (Wildman–Crippen LogP) is 25.3. The number of carboxylic acid groups (broad SMARTS) is 1. The summed E-state index contributed by atoms with van der Waals surface area (Å²) in [5.41, 5.74) is 0. The Bertz CT molecular complexity index is 1550. The van der Waals surface area contributed by atoms with Gasteiger partial charge in [-0.1, -0.05) is 348 Å². The lowest BCUT2D eigenvalue weighted by Gasteiger charge is -2.31. The van der Waals surface area contributed by atoms with E-state index in [0.717, 1.165) is 116 Å². The van der Waals surface area contributed by atoms with Crippen LogP contribution in [0.2, 0.25) is 0 Å². The van der Waals surface area contributed by atoms with Crippen LogP contribution in [0.15, 0.2) is 12.2 Å². The standard InChI is InChI=1S/C78H146O10/c1-4-7-10-13-16-19-21-27-35-42-49-56-63-70-77(84)88-78(86-75(82)68-61-54-47-38-18-15-12-9-6-3,87-76(83)69-62-55-48-41-32-20-17-14-11-8-5-2)71-64-57-50-43-36-30-25-24-29-34-40-46-53-60-67-74(81)85-72-65-58-51-44-37-31-26-22-23-28-33-39-45-52-59-66-73(79)80/h22-23H,4-21,24-72H2,1-3H3,(H,79,80). The number of aliphatic carboxylic acids is 1. The van der Waals surface area contributed by atoms with Gasteiger partial charge in [0.2, 0.25) is 0 Å². The van der Waals surface area contributed by atoms with E-state index in [2.05, 4.69) is 32.9 Å². The first-order valence-electron chi connectivity index (χ1n) is 38.9. The van der Waals surface area contributed by atoms with Crippen molar-refractivity contribution in [1.29, 1.82) is 0 Å². The number of carbonyl (C=O) groups excluding carboxylic acids is 4. The largest absolute Gasteiger partial charge is 0.481 e. The van der Waals surface area contributed by atoms with Crippen LogP contribution in [0.1, 0.15) is 445 Å². The molecule has 0 radical (unpaired) electrons. The molecule has 88 heavy (non-hydrogen) atoms. The van der Waals surface area contributed by atoms with E-state index in [-0.39, 0.29) is 31.7 Å². The molecule has 0 heterocycles. The SMILES string of the molecule is CCCCCCCCCCCCCCCC(=O)OC(CCCCCCCCCCCCCCCCC(=O)OCCCCCCCCC=CCCCCCCCC(=O)O)(OC(=O)CCCCCCCCCCC)OC(=O)CCCCCCCCCCCCC. The number of esters is 4. The predicted molar refractivity (Wildman–Crippen MR) is 370 cm³/mol. The zero-order valence-corrected chi connectivity index (χ0v) is 58.7. The Labute approximate surface area is 544 Å². The van der Waals surface area contributed by atoms with Crippen molar-refractivity contribution in [3.05, 3.63) is 12.2 Å². The van der Waals surface area contributed by atoms with Crippen molar-refractivity contribution in [3.63, 3.8) is 0 Å². The van der Waals surface area contributed by atoms with Crippen molar-refractivity contribution >= 4 is 29.8 Å². The number of hydrogen-bond donors (Lipinski definition) is 1. The van der Waals surface area contributed by atoms with Crippen LogP contribution < -0.4 is 0 Å². The number of allylic oxidation sites excluding steroid dienone is 2. The molecule has 0 aromatic rings. The molecular weight excluding hydrogens is 1100 g/mol. The van der Waals surface area contributed by atoms with Gasteiger partial charge in [-0.3, -0.25) is 24.0 Å². The first kappa shape index (κ1) is 85.1. The molecule has 0 bridgehead atoms. The average Bonchev–Trinajstić information content (AvgIpc) is 2.51. The second-order valence-corrected chi connectivity index (χ2v) is 26.7. The Morgan fingerprint density at radius 1 is 0.261 bits per heavy atom. The van der Waals surface area contributed by atoms with Crippen LogP contribution in [0.5, 0.6) is 0 Å². The fourth-order valence-electron chi connectivity index (χ4n) is 12.1. The summed E-state index contributed by atoms with van der Waals surface area (Å²) < 4.78 is 23.8. The molecule has 0 saturated heterocycles. The Balaban J connectivity index is 4.79. The minimum absolute atomic E-state index is 0.0415. The summed E-state index contributed by atoms with van der Waals surface area (Å²) in [7, 11) is 0. The Hall–Kier alpha value is -2.91. The summed E-state index contributed by atoms with van der Waals surface area (Å²) in [4.78, 5) is 63.8. The zero-order valence-electron chi connectivity index (χ0n) is 58.7. The van der Waals surface area contributed by atoms with Gasteiger partial charge in [-0.05, 0) is 70.6 Å². The highest BCUT2D eigenvalue weighted by Crippen LogP contribution is 2.29. The summed E-state index contributed by atoms with van der Waals surface area (Å²) in [5, 5.41) is 8.71. The van der Waals surface area contributed by atoms with Crippen molar-refractivity contribution in [2.24, 2.45) is 0 Å². The summed E-state index contributed by atoms with van der Waals surface area (Å²) >= 11 is 0. The van der Waals surface area contributed by atoms with E-state index in [4.69, 9.17) is 24.1 Å². The monoisotopic (exact) mass is 1240 g/mol. The van der Waals surface area contributed by atoms with Crippen molar-refractivity contribution in [2.45, 2.75) is 451 Å². The smallest absolute Gasteiger partial charge is 0.423 e. The molecule has 0 saturated carbocycles. The lowest BCUT2D eigenvalue weighted by molar-refractivity contribution is -0.333. The van der Waals surface area contributed by atoms with Gasteiger partial charge in [0.1, 0.15) is 0 Å². The molecule has 0 fully saturated rings. The molecule has 1 N–H and O–H groups in total. The summed E-state index contributed by atoms with van der Waals surface area (Å²) in [6, 6.07) is 0. The summed E-state index contributed by atoms with van der Waals surface area (Å²) in [6.45, 7) is 7.32. The van der Waals surface area contributed by atoms with Crippen LogP contribution >= 0.6 is 0 Å². The molecule has 0 aromatic carbocycles. The highest BCUT2D eigenvalue weighted by molar-refractivity contribution is 5.74. The first-order chi connectivity index (χ1) is 43.2. The average molecular weight is 1240 g/mol. The van der Waals surface area contributed by atoms with Gasteiger partial charge in [-0.15, -0.1) is 0 Å². The first-order valence-corrected chi connectivity index (χ1v) is 38.9. The van der Waals surface area contributed by atoms with Gasteiger partial charge in [0.25, 0.3) is 0 Å². The number of carboxylic acids is 1. The van der Waals surface area contributed by atoms with Crippen LogP contribution in [-0.2, 0) is 42.9 Å². The molecule has 10 nitrogen and oxygen atoms in total. The number of carbonyl (C=O) groups is 5. The third-order valence-electron chi connectivity index (χ3n) is 17.8. The lowest BCUT2D eigenvalue weighted by Crippen LogP contribution is -2.44. The van der Waals surface area contributed by atoms with Crippen molar-refractivity contribution in [1.82, 2.24) is 0 Å². The highest BCUT2D eigenvalue weighted by Gasteiger charge is 2.43. The zero-order chi connectivity index (χ0) is 64.0. The van der Waals surface area contributed by atoms with Gasteiger partial charge < -0.3 is 24.1 Å². The minimum atomic E-state index is -2.01. The van der Waals surface area contributed by atoms with E-state index >= 15 is 0 Å². The fraction of sp³-hybridized carbons (Fsp3) is 0.910. The van der Waals surface area contributed by atoms with E-state index in [0.29, 0.717) is 45.1 Å². The number of ether oxygens (including phenoxy) is 4. The molecule has 518 valence electrons. The molecule has 0 aliphatic rings. The molecule has 0 aliphatic heterocycles. The number of hydrogen-bond acceptors (Lipinski definition) is 9. The van der Waals surface area contributed by atoms with Gasteiger partial charge in [-0.25, -0.2) is 0 Å². The van der Waals surface area contributed by atoms with Crippen LogP contribution in [0.3, 0.4) is 0 Å². The van der Waals surface area contributed by atoms with Crippen LogP contribution in [-0.4, -0.2) is 47.5 Å². The van der Waals surface area contributed by atoms with E-state index in [1.54, 1.807) is 0 Å². The molecule has 0 aromatic heterocycles. The third kappa shape index (κ3) is 66.0. The quantitative estimate of drug-likeness (QED) is 0.0271. The number of rotatable bonds is 73.